The summed E-state index contributed by atoms with van der Waals surface area (Å²) in [5.74, 6) is 1.75. The van der Waals surface area contributed by atoms with Gasteiger partial charge in [0.25, 0.3) is 0 Å². The molecule has 0 N–H and O–H groups in total. The molecule has 1 unspecified atom stereocenters. The van der Waals surface area contributed by atoms with E-state index in [1.165, 1.54) is 10.5 Å². The molecule has 1 atom stereocenters. The number of fused-ring (bicyclic) bond motifs is 1. The normalized spacial score (nSPS) is 20.6. The summed E-state index contributed by atoms with van der Waals surface area (Å²) in [4.78, 5) is 11.8. The van der Waals surface area contributed by atoms with Gasteiger partial charge in [0.2, 0.25) is 0 Å². The van der Waals surface area contributed by atoms with Gasteiger partial charge in [0, 0.05) is 16.2 Å². The predicted octanol–water partition coefficient (Wildman–Crippen LogP) is 2.71. The minimum absolute atomic E-state index is 0.602. The number of benzene rings is 1. The lowest BCUT2D eigenvalue weighted by molar-refractivity contribution is 0.112. The van der Waals surface area contributed by atoms with Gasteiger partial charge in [-0.2, -0.15) is 0 Å². The minimum atomic E-state index is 0.602. The molecule has 0 spiro atoms. The van der Waals surface area contributed by atoms with Crippen LogP contribution in [0.4, 0.5) is 0 Å². The molecule has 1 aliphatic rings. The van der Waals surface area contributed by atoms with E-state index in [9.17, 15) is 4.79 Å². The molecule has 0 saturated carbocycles. The Labute approximate surface area is 76.2 Å². The number of carbonyl (C=O) groups excluding carboxylic acids is 1. The van der Waals surface area contributed by atoms with E-state index in [1.807, 2.05) is 30.0 Å². The second-order valence-corrected chi connectivity index (χ2v) is 4.19. The van der Waals surface area contributed by atoms with Gasteiger partial charge in [-0.1, -0.05) is 13.0 Å². The molecule has 0 aliphatic carbocycles. The summed E-state index contributed by atoms with van der Waals surface area (Å²) >= 11 is 1.88. The first kappa shape index (κ1) is 7.87. The number of rotatable bonds is 1. The zero-order valence-corrected chi connectivity index (χ0v) is 7.73. The largest absolute Gasteiger partial charge is 0.298 e. The Morgan fingerprint density at radius 3 is 3.17 bits per heavy atom. The summed E-state index contributed by atoms with van der Waals surface area (Å²) in [6, 6.07) is 5.94. The van der Waals surface area contributed by atoms with E-state index in [0.717, 1.165) is 17.6 Å². The molecule has 1 aromatic rings. The molecule has 0 fully saturated rings. The third-order valence-corrected chi connectivity index (χ3v) is 3.54. The molecule has 12 heavy (non-hydrogen) atoms. The van der Waals surface area contributed by atoms with Gasteiger partial charge in [0.15, 0.2) is 0 Å². The maximum absolute atomic E-state index is 10.5. The molecule has 1 aliphatic heterocycles. The van der Waals surface area contributed by atoms with E-state index in [0.29, 0.717) is 5.92 Å². The van der Waals surface area contributed by atoms with Crippen LogP contribution in [0.25, 0.3) is 0 Å². The summed E-state index contributed by atoms with van der Waals surface area (Å²) in [5.41, 5.74) is 2.13. The molecular weight excluding hydrogens is 168 g/mol. The van der Waals surface area contributed by atoms with Crippen LogP contribution in [0.2, 0.25) is 0 Å². The Bertz CT molecular complexity index is 320. The second-order valence-electron chi connectivity index (χ2n) is 3.13. The highest BCUT2D eigenvalue weighted by molar-refractivity contribution is 7.99. The lowest BCUT2D eigenvalue weighted by Crippen LogP contribution is -1.90. The number of hydrogen-bond acceptors (Lipinski definition) is 2. The number of aldehydes is 1. The van der Waals surface area contributed by atoms with Crippen LogP contribution >= 0.6 is 11.8 Å². The maximum atomic E-state index is 10.5. The molecular formula is C10H10OS. The van der Waals surface area contributed by atoms with E-state index in [2.05, 4.69) is 6.92 Å². The van der Waals surface area contributed by atoms with Crippen LogP contribution in [0.3, 0.4) is 0 Å². The SMILES string of the molecule is CC1CSc2ccc(C=O)cc21. The van der Waals surface area contributed by atoms with Crippen molar-refractivity contribution in [2.45, 2.75) is 17.7 Å². The monoisotopic (exact) mass is 178 g/mol. The van der Waals surface area contributed by atoms with Crippen molar-refractivity contribution in [1.82, 2.24) is 0 Å². The van der Waals surface area contributed by atoms with Crippen LogP contribution in [0.5, 0.6) is 0 Å². The second kappa shape index (κ2) is 2.94. The average molecular weight is 178 g/mol. The van der Waals surface area contributed by atoms with Crippen molar-refractivity contribution >= 4 is 18.0 Å². The van der Waals surface area contributed by atoms with Gasteiger partial charge >= 0.3 is 0 Å². The number of carbonyl (C=O) groups is 1. The van der Waals surface area contributed by atoms with Gasteiger partial charge in [-0.05, 0) is 23.6 Å². The highest BCUT2D eigenvalue weighted by Crippen LogP contribution is 2.39. The highest BCUT2D eigenvalue weighted by Gasteiger charge is 2.18. The van der Waals surface area contributed by atoms with Crippen LogP contribution in [0, 0.1) is 0 Å². The first-order valence-corrected chi connectivity index (χ1v) is 5.02. The maximum Gasteiger partial charge on any atom is 0.150 e. The fraction of sp³-hybridized carbons (Fsp3) is 0.300. The van der Waals surface area contributed by atoms with E-state index < -0.39 is 0 Å². The van der Waals surface area contributed by atoms with Crippen molar-refractivity contribution in [3.05, 3.63) is 29.3 Å². The van der Waals surface area contributed by atoms with Crippen LogP contribution in [0.15, 0.2) is 23.1 Å². The Kier molecular flexibility index (Phi) is 1.93. The van der Waals surface area contributed by atoms with E-state index in [1.54, 1.807) is 0 Å². The molecule has 0 bridgehead atoms. The van der Waals surface area contributed by atoms with Crippen LogP contribution in [-0.2, 0) is 0 Å². The Morgan fingerprint density at radius 1 is 1.58 bits per heavy atom. The summed E-state index contributed by atoms with van der Waals surface area (Å²) in [6.45, 7) is 2.20. The molecule has 0 saturated heterocycles. The topological polar surface area (TPSA) is 17.1 Å². The quantitative estimate of drug-likeness (QED) is 0.615. The first-order valence-electron chi connectivity index (χ1n) is 4.03. The summed E-state index contributed by atoms with van der Waals surface area (Å²) < 4.78 is 0. The summed E-state index contributed by atoms with van der Waals surface area (Å²) in [7, 11) is 0. The zero-order valence-electron chi connectivity index (χ0n) is 6.91. The van der Waals surface area contributed by atoms with Gasteiger partial charge in [-0.3, -0.25) is 4.79 Å². The molecule has 1 heterocycles. The third kappa shape index (κ3) is 1.16. The standard InChI is InChI=1S/C10H10OS/c1-7-6-12-10-3-2-8(5-11)4-9(7)10/h2-5,7H,6H2,1H3. The van der Waals surface area contributed by atoms with Crippen molar-refractivity contribution in [3.8, 4) is 0 Å². The van der Waals surface area contributed by atoms with Crippen molar-refractivity contribution < 1.29 is 4.79 Å². The smallest absolute Gasteiger partial charge is 0.150 e. The van der Waals surface area contributed by atoms with Crippen LogP contribution in [-0.4, -0.2) is 12.0 Å². The fourth-order valence-corrected chi connectivity index (χ4v) is 2.66. The van der Waals surface area contributed by atoms with E-state index in [-0.39, 0.29) is 0 Å². The Hall–Kier alpha value is -0.760. The average Bonchev–Trinajstić information content (AvgIpc) is 2.47. The van der Waals surface area contributed by atoms with Crippen LogP contribution in [0.1, 0.15) is 28.8 Å². The minimum Gasteiger partial charge on any atom is -0.298 e. The van der Waals surface area contributed by atoms with Crippen LogP contribution < -0.4 is 0 Å². The van der Waals surface area contributed by atoms with Gasteiger partial charge in [-0.15, -0.1) is 11.8 Å². The molecule has 1 aromatic carbocycles. The molecule has 62 valence electrons. The third-order valence-electron chi connectivity index (χ3n) is 2.19. The van der Waals surface area contributed by atoms with Crippen molar-refractivity contribution in [2.24, 2.45) is 0 Å². The molecule has 0 amide bonds. The molecule has 0 radical (unpaired) electrons. The van der Waals surface area contributed by atoms with Crippen molar-refractivity contribution in [2.75, 3.05) is 5.75 Å². The Morgan fingerprint density at radius 2 is 2.42 bits per heavy atom. The van der Waals surface area contributed by atoms with Gasteiger partial charge in [-0.25, -0.2) is 0 Å². The van der Waals surface area contributed by atoms with Gasteiger partial charge in [0.1, 0.15) is 6.29 Å². The molecule has 2 rings (SSSR count). The van der Waals surface area contributed by atoms with Crippen molar-refractivity contribution in [1.29, 1.82) is 0 Å². The lowest BCUT2D eigenvalue weighted by Gasteiger charge is -2.02. The zero-order chi connectivity index (χ0) is 8.55. The highest BCUT2D eigenvalue weighted by atomic mass is 32.2. The summed E-state index contributed by atoms with van der Waals surface area (Å²) in [5, 5.41) is 0. The molecule has 0 aromatic heterocycles. The van der Waals surface area contributed by atoms with E-state index >= 15 is 0 Å². The van der Waals surface area contributed by atoms with Crippen molar-refractivity contribution in [3.63, 3.8) is 0 Å². The lowest BCUT2D eigenvalue weighted by atomic mass is 10.0. The molecule has 1 nitrogen and oxygen atoms in total. The van der Waals surface area contributed by atoms with Gasteiger partial charge in [0.05, 0.1) is 0 Å². The Balaban J connectivity index is 2.50. The number of hydrogen-bond donors (Lipinski definition) is 0. The first-order chi connectivity index (χ1) is 5.81. The predicted molar refractivity (Wildman–Crippen MR) is 51.0 cm³/mol. The van der Waals surface area contributed by atoms with E-state index in [4.69, 9.17) is 0 Å². The summed E-state index contributed by atoms with van der Waals surface area (Å²) in [6.07, 6.45) is 0.913. The molecule has 2 heteroatoms. The fourth-order valence-electron chi connectivity index (χ4n) is 1.46. The number of thioether (sulfide) groups is 1. The van der Waals surface area contributed by atoms with Gasteiger partial charge < -0.3 is 0 Å².